The molecule has 0 aromatic heterocycles. The molecule has 2 N–H and O–H groups in total. The largest absolute Gasteiger partial charge is 0.365 e. The van der Waals surface area contributed by atoms with E-state index < -0.39 is 0 Å². The lowest BCUT2D eigenvalue weighted by atomic mass is 9.86. The summed E-state index contributed by atoms with van der Waals surface area (Å²) in [5.74, 6) is 0.599. The van der Waals surface area contributed by atoms with Gasteiger partial charge in [0.25, 0.3) is 5.91 Å². The molecule has 4 heteroatoms. The van der Waals surface area contributed by atoms with Gasteiger partial charge in [-0.05, 0) is 45.1 Å². The Morgan fingerprint density at radius 2 is 1.94 bits per heavy atom. The zero-order chi connectivity index (χ0) is 13.0. The molecule has 0 aromatic carbocycles. The van der Waals surface area contributed by atoms with Crippen LogP contribution in [-0.2, 0) is 9.53 Å². The van der Waals surface area contributed by atoms with Crippen LogP contribution in [0.25, 0.3) is 0 Å². The van der Waals surface area contributed by atoms with E-state index in [0.29, 0.717) is 12.5 Å². The number of ether oxygens (including phenoxy) is 1. The molecule has 0 aromatic rings. The summed E-state index contributed by atoms with van der Waals surface area (Å²) in [6.07, 6.45) is 6.79. The second-order valence-corrected chi connectivity index (χ2v) is 5.63. The highest BCUT2D eigenvalue weighted by molar-refractivity contribution is 5.80. The Morgan fingerprint density at radius 1 is 1.28 bits per heavy atom. The van der Waals surface area contributed by atoms with Gasteiger partial charge in [-0.25, -0.2) is 0 Å². The van der Waals surface area contributed by atoms with Crippen molar-refractivity contribution in [1.82, 2.24) is 4.90 Å². The van der Waals surface area contributed by atoms with Crippen molar-refractivity contribution >= 4 is 5.91 Å². The van der Waals surface area contributed by atoms with Crippen LogP contribution in [0.4, 0.5) is 0 Å². The fourth-order valence-corrected chi connectivity index (χ4v) is 3.14. The van der Waals surface area contributed by atoms with Gasteiger partial charge in [0, 0.05) is 13.1 Å². The van der Waals surface area contributed by atoms with Gasteiger partial charge in [0.05, 0.1) is 6.10 Å². The summed E-state index contributed by atoms with van der Waals surface area (Å²) in [4.78, 5) is 14.1. The lowest BCUT2D eigenvalue weighted by molar-refractivity contribution is -0.148. The average Bonchev–Trinajstić information content (AvgIpc) is 2.92. The molecule has 104 valence electrons. The molecule has 2 rings (SSSR count). The Morgan fingerprint density at radius 3 is 2.61 bits per heavy atom. The van der Waals surface area contributed by atoms with Crippen molar-refractivity contribution in [2.24, 2.45) is 11.7 Å². The number of amides is 1. The molecule has 1 aliphatic heterocycles. The van der Waals surface area contributed by atoms with Gasteiger partial charge in [0.2, 0.25) is 0 Å². The topological polar surface area (TPSA) is 55.6 Å². The maximum absolute atomic E-state index is 12.2. The molecule has 3 atom stereocenters. The molecule has 3 unspecified atom stereocenters. The monoisotopic (exact) mass is 254 g/mol. The molecule has 0 bridgehead atoms. The van der Waals surface area contributed by atoms with Crippen LogP contribution < -0.4 is 5.73 Å². The highest BCUT2D eigenvalue weighted by Crippen LogP contribution is 2.27. The van der Waals surface area contributed by atoms with Gasteiger partial charge in [0.1, 0.15) is 6.10 Å². The van der Waals surface area contributed by atoms with E-state index in [9.17, 15) is 4.79 Å². The minimum Gasteiger partial charge on any atom is -0.365 e. The number of nitrogens with two attached hydrogens (primary N) is 1. The molecule has 2 fully saturated rings. The summed E-state index contributed by atoms with van der Waals surface area (Å²) in [6.45, 7) is 4.37. The fourth-order valence-electron chi connectivity index (χ4n) is 3.14. The number of hydrogen-bond acceptors (Lipinski definition) is 3. The smallest absolute Gasteiger partial charge is 0.251 e. The van der Waals surface area contributed by atoms with Crippen molar-refractivity contribution in [2.75, 3.05) is 19.6 Å². The van der Waals surface area contributed by atoms with E-state index in [4.69, 9.17) is 10.5 Å². The van der Waals surface area contributed by atoms with Crippen molar-refractivity contribution in [3.05, 3.63) is 0 Å². The molecule has 1 saturated heterocycles. The third-order valence-corrected chi connectivity index (χ3v) is 4.29. The molecule has 4 nitrogen and oxygen atoms in total. The highest BCUT2D eigenvalue weighted by atomic mass is 16.5. The summed E-state index contributed by atoms with van der Waals surface area (Å²) in [5, 5.41) is 0. The molecule has 18 heavy (non-hydrogen) atoms. The lowest BCUT2D eigenvalue weighted by Gasteiger charge is -2.33. The van der Waals surface area contributed by atoms with E-state index >= 15 is 0 Å². The number of hydrogen-bond donors (Lipinski definition) is 1. The summed E-state index contributed by atoms with van der Waals surface area (Å²) >= 11 is 0. The summed E-state index contributed by atoms with van der Waals surface area (Å²) in [7, 11) is 0. The van der Waals surface area contributed by atoms with Gasteiger partial charge in [0.15, 0.2) is 0 Å². The van der Waals surface area contributed by atoms with Gasteiger partial charge in [-0.3, -0.25) is 4.79 Å². The standard InChI is InChI=1S/C14H26N2O2/c1-11(14(17)16-8-4-5-9-16)18-13-7-3-2-6-12(13)10-15/h11-13H,2-10,15H2,1H3. The minimum atomic E-state index is -0.305. The van der Waals surface area contributed by atoms with Crippen LogP contribution in [-0.4, -0.2) is 42.6 Å². The van der Waals surface area contributed by atoms with E-state index in [1.807, 2.05) is 11.8 Å². The minimum absolute atomic E-state index is 0.161. The van der Waals surface area contributed by atoms with Crippen LogP contribution in [0, 0.1) is 5.92 Å². The Labute approximate surface area is 110 Å². The SMILES string of the molecule is CC(OC1CCCCC1CN)C(=O)N1CCCC1. The van der Waals surface area contributed by atoms with Crippen molar-refractivity contribution in [2.45, 2.75) is 57.7 Å². The number of nitrogens with zero attached hydrogens (tertiary/aromatic N) is 1. The molecule has 1 saturated carbocycles. The predicted octanol–water partition coefficient (Wildman–Crippen LogP) is 1.53. The van der Waals surface area contributed by atoms with E-state index in [0.717, 1.165) is 38.8 Å². The number of likely N-dealkylation sites (tertiary alicyclic amines) is 1. The Kier molecular flexibility index (Phi) is 5.01. The predicted molar refractivity (Wildman–Crippen MR) is 71.2 cm³/mol. The van der Waals surface area contributed by atoms with Crippen LogP contribution in [0.1, 0.15) is 45.4 Å². The molecular formula is C14H26N2O2. The van der Waals surface area contributed by atoms with E-state index in [2.05, 4.69) is 0 Å². The van der Waals surface area contributed by atoms with Crippen LogP contribution in [0.15, 0.2) is 0 Å². The van der Waals surface area contributed by atoms with Gasteiger partial charge in [-0.1, -0.05) is 12.8 Å². The molecule has 2 aliphatic rings. The zero-order valence-corrected chi connectivity index (χ0v) is 11.4. The van der Waals surface area contributed by atoms with Crippen LogP contribution >= 0.6 is 0 Å². The summed E-state index contributed by atoms with van der Waals surface area (Å²) in [6, 6.07) is 0. The number of carbonyl (C=O) groups is 1. The normalized spacial score (nSPS) is 30.4. The van der Waals surface area contributed by atoms with E-state index in [1.165, 1.54) is 12.8 Å². The Bertz CT molecular complexity index is 277. The third-order valence-electron chi connectivity index (χ3n) is 4.29. The second-order valence-electron chi connectivity index (χ2n) is 5.63. The van der Waals surface area contributed by atoms with Crippen LogP contribution in [0.3, 0.4) is 0 Å². The van der Waals surface area contributed by atoms with Crippen molar-refractivity contribution in [3.8, 4) is 0 Å². The van der Waals surface area contributed by atoms with Crippen molar-refractivity contribution < 1.29 is 9.53 Å². The van der Waals surface area contributed by atoms with E-state index in [-0.39, 0.29) is 18.1 Å². The maximum atomic E-state index is 12.2. The number of carbonyl (C=O) groups excluding carboxylic acids is 1. The maximum Gasteiger partial charge on any atom is 0.251 e. The Balaban J connectivity index is 1.84. The first-order chi connectivity index (χ1) is 8.72. The average molecular weight is 254 g/mol. The molecule has 0 radical (unpaired) electrons. The Hall–Kier alpha value is -0.610. The fraction of sp³-hybridized carbons (Fsp3) is 0.929. The van der Waals surface area contributed by atoms with Crippen LogP contribution in [0.2, 0.25) is 0 Å². The first kappa shape index (κ1) is 13.8. The number of rotatable bonds is 4. The second kappa shape index (κ2) is 6.53. The summed E-state index contributed by atoms with van der Waals surface area (Å²) in [5.41, 5.74) is 5.79. The first-order valence-corrected chi connectivity index (χ1v) is 7.36. The van der Waals surface area contributed by atoms with Crippen LogP contribution in [0.5, 0.6) is 0 Å². The van der Waals surface area contributed by atoms with Gasteiger partial charge < -0.3 is 15.4 Å². The molecule has 1 aliphatic carbocycles. The highest BCUT2D eigenvalue weighted by Gasteiger charge is 2.30. The molecule has 1 heterocycles. The zero-order valence-electron chi connectivity index (χ0n) is 11.4. The third kappa shape index (κ3) is 3.23. The quantitative estimate of drug-likeness (QED) is 0.828. The molecule has 1 amide bonds. The summed E-state index contributed by atoms with van der Waals surface area (Å²) < 4.78 is 6.00. The molecule has 0 spiro atoms. The molecular weight excluding hydrogens is 228 g/mol. The van der Waals surface area contributed by atoms with Gasteiger partial charge in [-0.15, -0.1) is 0 Å². The first-order valence-electron chi connectivity index (χ1n) is 7.36. The lowest BCUT2D eigenvalue weighted by Crippen LogP contribution is -2.42. The van der Waals surface area contributed by atoms with Gasteiger partial charge >= 0.3 is 0 Å². The van der Waals surface area contributed by atoms with Crippen molar-refractivity contribution in [3.63, 3.8) is 0 Å². The van der Waals surface area contributed by atoms with Gasteiger partial charge in [-0.2, -0.15) is 0 Å². The van der Waals surface area contributed by atoms with Crippen molar-refractivity contribution in [1.29, 1.82) is 0 Å². The van der Waals surface area contributed by atoms with E-state index in [1.54, 1.807) is 0 Å².